The van der Waals surface area contributed by atoms with Gasteiger partial charge in [-0.3, -0.25) is 9.69 Å². The van der Waals surface area contributed by atoms with Crippen LogP contribution < -0.4 is 5.32 Å². The summed E-state index contributed by atoms with van der Waals surface area (Å²) in [6, 6.07) is 20.7. The zero-order valence-electron chi connectivity index (χ0n) is 18.9. The van der Waals surface area contributed by atoms with E-state index in [1.54, 1.807) is 0 Å². The Morgan fingerprint density at radius 1 is 0.939 bits per heavy atom. The molecule has 0 aliphatic carbocycles. The highest BCUT2D eigenvalue weighted by atomic mass is 16.6. The molecule has 6 nitrogen and oxygen atoms in total. The molecule has 0 saturated heterocycles. The molecular weight excluding hydrogens is 416 g/mol. The molecule has 1 aliphatic rings. The van der Waals surface area contributed by atoms with Gasteiger partial charge in [-0.15, -0.1) is 0 Å². The lowest BCUT2D eigenvalue weighted by molar-refractivity contribution is -0.121. The quantitative estimate of drug-likeness (QED) is 0.420. The number of carbonyl (C=O) groups is 2. The SMILES string of the molecule is CC(C)(C)OC(=O)N1Cc2ccccc2C[C@H]1C(=O)Nc1ccc2c(c1)oc1ccccc12. The van der Waals surface area contributed by atoms with Gasteiger partial charge < -0.3 is 14.5 Å². The Balaban J connectivity index is 1.43. The highest BCUT2D eigenvalue weighted by molar-refractivity contribution is 6.06. The number of nitrogens with zero attached hydrogens (tertiary/aromatic N) is 1. The Bertz CT molecular complexity index is 1370. The first-order chi connectivity index (χ1) is 15.8. The zero-order valence-corrected chi connectivity index (χ0v) is 18.9. The summed E-state index contributed by atoms with van der Waals surface area (Å²) < 4.78 is 11.6. The second kappa shape index (κ2) is 7.96. The number of furan rings is 1. The standard InChI is InChI=1S/C27H26N2O4/c1-27(2,3)33-26(31)29-16-18-9-5-4-8-17(18)14-22(29)25(30)28-19-12-13-21-20-10-6-7-11-23(20)32-24(21)15-19/h4-13,15,22H,14,16H2,1-3H3,(H,28,30)/t22-/m0/s1. The summed E-state index contributed by atoms with van der Waals surface area (Å²) in [5.74, 6) is -0.258. The molecule has 2 heterocycles. The molecule has 168 valence electrons. The molecule has 0 spiro atoms. The van der Waals surface area contributed by atoms with Gasteiger partial charge in [0.05, 0.1) is 6.54 Å². The maximum atomic E-state index is 13.4. The minimum atomic E-state index is -0.680. The number of rotatable bonds is 2. The predicted molar refractivity (Wildman–Crippen MR) is 128 cm³/mol. The van der Waals surface area contributed by atoms with Gasteiger partial charge >= 0.3 is 6.09 Å². The molecule has 1 atom stereocenters. The molecule has 2 amide bonds. The van der Waals surface area contributed by atoms with Crippen molar-refractivity contribution in [2.75, 3.05) is 5.32 Å². The van der Waals surface area contributed by atoms with Crippen molar-refractivity contribution in [1.29, 1.82) is 0 Å². The Morgan fingerprint density at radius 3 is 2.42 bits per heavy atom. The molecule has 0 radical (unpaired) electrons. The van der Waals surface area contributed by atoms with Crippen LogP contribution in [0.15, 0.2) is 71.1 Å². The third kappa shape index (κ3) is 4.16. The minimum Gasteiger partial charge on any atom is -0.456 e. The van der Waals surface area contributed by atoms with E-state index in [4.69, 9.17) is 9.15 Å². The molecular formula is C27H26N2O4. The average molecular weight is 443 g/mol. The topological polar surface area (TPSA) is 71.8 Å². The first-order valence-electron chi connectivity index (χ1n) is 11.1. The van der Waals surface area contributed by atoms with E-state index in [9.17, 15) is 9.59 Å². The molecule has 1 aliphatic heterocycles. The molecule has 1 N–H and O–H groups in total. The highest BCUT2D eigenvalue weighted by Crippen LogP contribution is 2.31. The summed E-state index contributed by atoms with van der Waals surface area (Å²) in [5.41, 5.74) is 3.56. The fourth-order valence-electron chi connectivity index (χ4n) is 4.30. The van der Waals surface area contributed by atoms with Crippen LogP contribution in [0.3, 0.4) is 0 Å². The molecule has 33 heavy (non-hydrogen) atoms. The molecule has 0 saturated carbocycles. The Morgan fingerprint density at radius 2 is 1.64 bits per heavy atom. The van der Waals surface area contributed by atoms with E-state index in [0.717, 1.165) is 27.5 Å². The van der Waals surface area contributed by atoms with Gasteiger partial charge in [0.2, 0.25) is 5.91 Å². The third-order valence-electron chi connectivity index (χ3n) is 5.83. The lowest BCUT2D eigenvalue weighted by atomic mass is 9.93. The lowest BCUT2D eigenvalue weighted by Gasteiger charge is -2.36. The van der Waals surface area contributed by atoms with Crippen LogP contribution >= 0.6 is 0 Å². The van der Waals surface area contributed by atoms with E-state index in [1.807, 2.05) is 87.5 Å². The number of nitrogens with one attached hydrogen (secondary N) is 1. The van der Waals surface area contributed by atoms with Crippen LogP contribution in [0.2, 0.25) is 0 Å². The smallest absolute Gasteiger partial charge is 0.411 e. The summed E-state index contributed by atoms with van der Waals surface area (Å²) in [6.07, 6.45) is -0.0707. The van der Waals surface area contributed by atoms with Crippen molar-refractivity contribution in [3.05, 3.63) is 77.9 Å². The summed E-state index contributed by atoms with van der Waals surface area (Å²) >= 11 is 0. The van der Waals surface area contributed by atoms with Crippen LogP contribution in [-0.4, -0.2) is 28.5 Å². The van der Waals surface area contributed by atoms with E-state index < -0.39 is 17.7 Å². The first-order valence-corrected chi connectivity index (χ1v) is 11.1. The maximum absolute atomic E-state index is 13.4. The number of ether oxygens (including phenoxy) is 1. The van der Waals surface area contributed by atoms with E-state index in [1.165, 1.54) is 4.90 Å². The lowest BCUT2D eigenvalue weighted by Crippen LogP contribution is -2.52. The van der Waals surface area contributed by atoms with Gasteiger partial charge in [0.1, 0.15) is 22.8 Å². The number of amides is 2. The number of hydrogen-bond donors (Lipinski definition) is 1. The van der Waals surface area contributed by atoms with Crippen LogP contribution in [0.4, 0.5) is 10.5 Å². The van der Waals surface area contributed by atoms with E-state index >= 15 is 0 Å². The molecule has 0 fully saturated rings. The fraction of sp³-hybridized carbons (Fsp3) is 0.259. The summed E-state index contributed by atoms with van der Waals surface area (Å²) in [7, 11) is 0. The Hall–Kier alpha value is -3.80. The fourth-order valence-corrected chi connectivity index (χ4v) is 4.30. The summed E-state index contributed by atoms with van der Waals surface area (Å²) in [5, 5.41) is 5.00. The number of fused-ring (bicyclic) bond motifs is 4. The van der Waals surface area contributed by atoms with Crippen molar-refractivity contribution >= 4 is 39.6 Å². The maximum Gasteiger partial charge on any atom is 0.411 e. The monoisotopic (exact) mass is 442 g/mol. The molecule has 5 rings (SSSR count). The van der Waals surface area contributed by atoms with Crippen molar-refractivity contribution in [3.63, 3.8) is 0 Å². The number of benzene rings is 3. The van der Waals surface area contributed by atoms with E-state index in [-0.39, 0.29) is 5.91 Å². The Kier molecular flexibility index (Phi) is 5.08. The minimum absolute atomic E-state index is 0.258. The normalized spacial score (nSPS) is 16.0. The van der Waals surface area contributed by atoms with Gasteiger partial charge in [-0.05, 0) is 50.1 Å². The van der Waals surface area contributed by atoms with Gasteiger partial charge in [-0.1, -0.05) is 42.5 Å². The second-order valence-corrected chi connectivity index (χ2v) is 9.40. The molecule has 1 aromatic heterocycles. The van der Waals surface area contributed by atoms with Crippen molar-refractivity contribution < 1.29 is 18.7 Å². The van der Waals surface area contributed by atoms with E-state index in [0.29, 0.717) is 24.2 Å². The molecule has 0 bridgehead atoms. The van der Waals surface area contributed by atoms with Gasteiger partial charge in [0.25, 0.3) is 0 Å². The first kappa shape index (κ1) is 21.1. The van der Waals surface area contributed by atoms with Crippen molar-refractivity contribution in [3.8, 4) is 0 Å². The molecule has 4 aromatic rings. The van der Waals surface area contributed by atoms with Crippen LogP contribution in [0.5, 0.6) is 0 Å². The second-order valence-electron chi connectivity index (χ2n) is 9.40. The van der Waals surface area contributed by atoms with Crippen molar-refractivity contribution in [2.24, 2.45) is 0 Å². The Labute approximate surface area is 192 Å². The predicted octanol–water partition coefficient (Wildman–Crippen LogP) is 5.89. The van der Waals surface area contributed by atoms with Crippen molar-refractivity contribution in [1.82, 2.24) is 4.90 Å². The van der Waals surface area contributed by atoms with Crippen LogP contribution in [0, 0.1) is 0 Å². The van der Waals surface area contributed by atoms with Gasteiger partial charge in [-0.2, -0.15) is 0 Å². The average Bonchev–Trinajstić information content (AvgIpc) is 3.14. The molecule has 0 unspecified atom stereocenters. The summed E-state index contributed by atoms with van der Waals surface area (Å²) in [4.78, 5) is 27.9. The largest absolute Gasteiger partial charge is 0.456 e. The third-order valence-corrected chi connectivity index (χ3v) is 5.83. The van der Waals surface area contributed by atoms with Crippen molar-refractivity contribution in [2.45, 2.75) is 45.4 Å². The van der Waals surface area contributed by atoms with E-state index in [2.05, 4.69) is 5.32 Å². The molecule has 6 heteroatoms. The zero-order chi connectivity index (χ0) is 23.2. The molecule has 3 aromatic carbocycles. The van der Waals surface area contributed by atoms with Gasteiger partial charge in [-0.25, -0.2) is 4.79 Å². The number of carbonyl (C=O) groups excluding carboxylic acids is 2. The van der Waals surface area contributed by atoms with Crippen LogP contribution in [-0.2, 0) is 22.5 Å². The van der Waals surface area contributed by atoms with Gasteiger partial charge in [0.15, 0.2) is 0 Å². The number of para-hydroxylation sites is 1. The number of anilines is 1. The number of hydrogen-bond acceptors (Lipinski definition) is 4. The highest BCUT2D eigenvalue weighted by Gasteiger charge is 2.37. The summed E-state index contributed by atoms with van der Waals surface area (Å²) in [6.45, 7) is 5.78. The van der Waals surface area contributed by atoms with Crippen LogP contribution in [0.1, 0.15) is 31.9 Å². The van der Waals surface area contributed by atoms with Gasteiger partial charge in [0, 0.05) is 28.9 Å². The van der Waals surface area contributed by atoms with Crippen LogP contribution in [0.25, 0.3) is 21.9 Å².